The lowest BCUT2D eigenvalue weighted by atomic mass is 10.1. The molecule has 1 aromatic heterocycles. The van der Waals surface area contributed by atoms with Gasteiger partial charge in [-0.3, -0.25) is 4.79 Å². The van der Waals surface area contributed by atoms with E-state index in [0.717, 1.165) is 5.56 Å². The van der Waals surface area contributed by atoms with Crippen LogP contribution in [-0.4, -0.2) is 5.78 Å². The van der Waals surface area contributed by atoms with Gasteiger partial charge in [-0.1, -0.05) is 29.8 Å². The predicted molar refractivity (Wildman–Crippen MR) is 93.9 cm³/mol. The molecular formula is C20H13ClO4. The summed E-state index contributed by atoms with van der Waals surface area (Å²) >= 11 is 6.12. The van der Waals surface area contributed by atoms with E-state index in [1.807, 2.05) is 24.3 Å². The average molecular weight is 353 g/mol. The zero-order valence-electron chi connectivity index (χ0n) is 13.1. The van der Waals surface area contributed by atoms with Gasteiger partial charge in [0.15, 0.2) is 5.76 Å². The Morgan fingerprint density at radius 3 is 2.76 bits per heavy atom. The summed E-state index contributed by atoms with van der Waals surface area (Å²) in [5.41, 5.74) is 1.39. The zero-order chi connectivity index (χ0) is 17.2. The van der Waals surface area contributed by atoms with E-state index in [4.69, 9.17) is 25.5 Å². The first-order valence-corrected chi connectivity index (χ1v) is 8.06. The molecule has 0 aliphatic carbocycles. The minimum atomic E-state index is -0.177. The number of benzene rings is 2. The topological polar surface area (TPSA) is 48.7 Å². The molecule has 4 nitrogen and oxygen atoms in total. The number of fused-ring (bicyclic) bond motifs is 1. The van der Waals surface area contributed by atoms with E-state index < -0.39 is 0 Å². The van der Waals surface area contributed by atoms with Gasteiger partial charge in [0.05, 0.1) is 11.8 Å². The van der Waals surface area contributed by atoms with Crippen molar-refractivity contribution in [2.24, 2.45) is 0 Å². The molecule has 1 aliphatic heterocycles. The molecule has 1 aliphatic rings. The number of ether oxygens (including phenoxy) is 2. The van der Waals surface area contributed by atoms with Crippen LogP contribution in [0.5, 0.6) is 11.5 Å². The Morgan fingerprint density at radius 2 is 1.96 bits per heavy atom. The van der Waals surface area contributed by atoms with Crippen molar-refractivity contribution in [2.75, 3.05) is 0 Å². The second kappa shape index (κ2) is 6.49. The van der Waals surface area contributed by atoms with Crippen LogP contribution in [0.3, 0.4) is 0 Å². The highest BCUT2D eigenvalue weighted by Gasteiger charge is 2.28. The fourth-order valence-corrected chi connectivity index (χ4v) is 2.73. The van der Waals surface area contributed by atoms with Crippen LogP contribution in [-0.2, 0) is 6.61 Å². The number of halogens is 1. The molecule has 0 atom stereocenters. The number of allylic oxidation sites excluding steroid dienone is 1. The summed E-state index contributed by atoms with van der Waals surface area (Å²) in [6, 6.07) is 16.1. The molecule has 0 saturated carbocycles. The van der Waals surface area contributed by atoms with Crippen molar-refractivity contribution < 1.29 is 18.7 Å². The molecule has 0 amide bonds. The Labute approximate surface area is 149 Å². The van der Waals surface area contributed by atoms with Crippen molar-refractivity contribution in [1.29, 1.82) is 0 Å². The van der Waals surface area contributed by atoms with Gasteiger partial charge in [-0.05, 0) is 30.3 Å². The molecule has 5 heteroatoms. The fraction of sp³-hybridized carbons (Fsp3) is 0.0500. The SMILES string of the molecule is O=C1C(=Cc2ccco2)Oc2cc(OCc3ccccc3Cl)ccc21. The third-order valence-electron chi connectivity index (χ3n) is 3.81. The lowest BCUT2D eigenvalue weighted by Gasteiger charge is -2.08. The van der Waals surface area contributed by atoms with Crippen LogP contribution in [0.4, 0.5) is 0 Å². The number of rotatable bonds is 4. The van der Waals surface area contributed by atoms with E-state index in [9.17, 15) is 4.79 Å². The smallest absolute Gasteiger partial charge is 0.232 e. The Kier molecular flexibility index (Phi) is 4.04. The van der Waals surface area contributed by atoms with Crippen LogP contribution in [0.15, 0.2) is 71.0 Å². The lowest BCUT2D eigenvalue weighted by molar-refractivity contribution is 0.101. The first-order valence-electron chi connectivity index (χ1n) is 7.69. The van der Waals surface area contributed by atoms with Crippen LogP contribution in [0, 0.1) is 0 Å². The first-order chi connectivity index (χ1) is 12.2. The van der Waals surface area contributed by atoms with E-state index in [0.29, 0.717) is 34.5 Å². The summed E-state index contributed by atoms with van der Waals surface area (Å²) in [7, 11) is 0. The summed E-state index contributed by atoms with van der Waals surface area (Å²) in [6.07, 6.45) is 3.12. The van der Waals surface area contributed by atoms with Gasteiger partial charge < -0.3 is 13.9 Å². The van der Waals surface area contributed by atoms with Gasteiger partial charge in [-0.25, -0.2) is 0 Å². The summed E-state index contributed by atoms with van der Waals surface area (Å²) in [5, 5.41) is 0.652. The number of Topliss-reactive ketones (excluding diaryl/α,β-unsaturated/α-hetero) is 1. The van der Waals surface area contributed by atoms with Crippen molar-refractivity contribution in [1.82, 2.24) is 0 Å². The summed E-state index contributed by atoms with van der Waals surface area (Å²) in [4.78, 5) is 12.4. The van der Waals surface area contributed by atoms with Gasteiger partial charge >= 0.3 is 0 Å². The maximum atomic E-state index is 12.4. The van der Waals surface area contributed by atoms with E-state index in [1.165, 1.54) is 0 Å². The third-order valence-corrected chi connectivity index (χ3v) is 4.18. The highest BCUT2D eigenvalue weighted by Crippen LogP contribution is 2.35. The Morgan fingerprint density at radius 1 is 1.08 bits per heavy atom. The number of hydrogen-bond donors (Lipinski definition) is 0. The molecule has 0 N–H and O–H groups in total. The fourth-order valence-electron chi connectivity index (χ4n) is 2.54. The van der Waals surface area contributed by atoms with Gasteiger partial charge in [0.1, 0.15) is 23.9 Å². The minimum absolute atomic E-state index is 0.177. The minimum Gasteiger partial charge on any atom is -0.489 e. The predicted octanol–water partition coefficient (Wildman–Crippen LogP) is 5.13. The molecule has 3 aromatic rings. The Balaban J connectivity index is 1.52. The van der Waals surface area contributed by atoms with Crippen LogP contribution in [0.1, 0.15) is 21.7 Å². The number of hydrogen-bond acceptors (Lipinski definition) is 4. The molecule has 2 aromatic carbocycles. The molecule has 0 spiro atoms. The summed E-state index contributed by atoms with van der Waals surface area (Å²) in [6.45, 7) is 0.335. The molecule has 2 heterocycles. The maximum Gasteiger partial charge on any atom is 0.232 e. The molecule has 124 valence electrons. The molecule has 0 radical (unpaired) electrons. The standard InChI is InChI=1S/C20H13ClO4/c21-17-6-2-1-4-13(17)12-24-15-7-8-16-18(10-15)25-19(20(16)22)11-14-5-3-9-23-14/h1-11H,12H2. The zero-order valence-corrected chi connectivity index (χ0v) is 13.8. The first kappa shape index (κ1) is 15.5. The molecule has 0 saturated heterocycles. The van der Waals surface area contributed by atoms with Gasteiger partial charge in [-0.15, -0.1) is 0 Å². The normalized spacial score (nSPS) is 14.4. The van der Waals surface area contributed by atoms with Gasteiger partial charge in [-0.2, -0.15) is 0 Å². The van der Waals surface area contributed by atoms with Crippen molar-refractivity contribution >= 4 is 23.5 Å². The highest BCUT2D eigenvalue weighted by molar-refractivity contribution is 6.31. The van der Waals surface area contributed by atoms with Crippen LogP contribution < -0.4 is 9.47 Å². The van der Waals surface area contributed by atoms with Crippen molar-refractivity contribution in [3.63, 3.8) is 0 Å². The van der Waals surface area contributed by atoms with Gasteiger partial charge in [0.2, 0.25) is 5.78 Å². The lowest BCUT2D eigenvalue weighted by Crippen LogP contribution is -1.97. The van der Waals surface area contributed by atoms with E-state index >= 15 is 0 Å². The monoisotopic (exact) mass is 352 g/mol. The number of carbonyl (C=O) groups is 1. The van der Waals surface area contributed by atoms with E-state index in [1.54, 1.807) is 42.7 Å². The molecule has 4 rings (SSSR count). The average Bonchev–Trinajstić information content (AvgIpc) is 3.23. The highest BCUT2D eigenvalue weighted by atomic mass is 35.5. The Bertz CT molecular complexity index is 958. The summed E-state index contributed by atoms with van der Waals surface area (Å²) in [5.74, 6) is 1.69. The van der Waals surface area contributed by atoms with Gasteiger partial charge in [0.25, 0.3) is 0 Å². The maximum absolute atomic E-state index is 12.4. The quantitative estimate of drug-likeness (QED) is 0.611. The number of furan rings is 1. The van der Waals surface area contributed by atoms with Gasteiger partial charge in [0, 0.05) is 22.7 Å². The second-order valence-corrected chi connectivity index (χ2v) is 5.90. The molecule has 25 heavy (non-hydrogen) atoms. The Hall–Kier alpha value is -2.98. The van der Waals surface area contributed by atoms with E-state index in [-0.39, 0.29) is 11.5 Å². The molecule has 0 bridgehead atoms. The largest absolute Gasteiger partial charge is 0.489 e. The summed E-state index contributed by atoms with van der Waals surface area (Å²) < 4.78 is 16.6. The molecule has 0 fully saturated rings. The van der Waals surface area contributed by atoms with E-state index in [2.05, 4.69) is 0 Å². The number of carbonyl (C=O) groups excluding carboxylic acids is 1. The van der Waals surface area contributed by atoms with Crippen molar-refractivity contribution in [3.8, 4) is 11.5 Å². The third kappa shape index (κ3) is 3.16. The van der Waals surface area contributed by atoms with Crippen LogP contribution >= 0.6 is 11.6 Å². The number of ketones is 1. The molecule has 0 unspecified atom stereocenters. The van der Waals surface area contributed by atoms with Crippen LogP contribution in [0.2, 0.25) is 5.02 Å². The van der Waals surface area contributed by atoms with Crippen molar-refractivity contribution in [3.05, 3.63) is 88.5 Å². The van der Waals surface area contributed by atoms with Crippen LogP contribution in [0.25, 0.3) is 6.08 Å². The van der Waals surface area contributed by atoms with Crippen molar-refractivity contribution in [2.45, 2.75) is 6.61 Å². The second-order valence-electron chi connectivity index (χ2n) is 5.49. The molecular weight excluding hydrogens is 340 g/mol.